The lowest BCUT2D eigenvalue weighted by Crippen LogP contribution is -2.39. The van der Waals surface area contributed by atoms with Crippen molar-refractivity contribution in [3.05, 3.63) is 42.1 Å². The first kappa shape index (κ1) is 16.6. The lowest BCUT2D eigenvalue weighted by atomic mass is 9.99. The van der Waals surface area contributed by atoms with Crippen LogP contribution in [0.25, 0.3) is 16.5 Å². The maximum absolute atomic E-state index is 12.2. The highest BCUT2D eigenvalue weighted by Crippen LogP contribution is 2.31. The van der Waals surface area contributed by atoms with Gasteiger partial charge in [-0.25, -0.2) is 4.79 Å². The van der Waals surface area contributed by atoms with Gasteiger partial charge in [-0.1, -0.05) is 24.3 Å². The number of aromatic nitrogens is 1. The van der Waals surface area contributed by atoms with Crippen LogP contribution in [-0.4, -0.2) is 34.3 Å². The summed E-state index contributed by atoms with van der Waals surface area (Å²) < 4.78 is 7.75. The third-order valence-electron chi connectivity index (χ3n) is 4.34. The Morgan fingerprint density at radius 3 is 2.62 bits per heavy atom. The van der Waals surface area contributed by atoms with Crippen LogP contribution in [0.15, 0.2) is 36.5 Å². The van der Waals surface area contributed by atoms with Crippen molar-refractivity contribution in [1.29, 1.82) is 0 Å². The van der Waals surface area contributed by atoms with E-state index in [4.69, 9.17) is 4.74 Å². The Kier molecular flexibility index (Phi) is 4.39. The molecular formula is C20H26N2O2. The molecule has 1 aliphatic heterocycles. The monoisotopic (exact) mass is 326 g/mol. The molecule has 0 spiro atoms. The third-order valence-corrected chi connectivity index (χ3v) is 4.34. The van der Waals surface area contributed by atoms with Gasteiger partial charge >= 0.3 is 6.09 Å². The fraction of sp³-hybridized carbons (Fsp3) is 0.450. The minimum absolute atomic E-state index is 0.228. The van der Waals surface area contributed by atoms with E-state index in [1.807, 2.05) is 20.8 Å². The smallest absolute Gasteiger partial charge is 0.410 e. The van der Waals surface area contributed by atoms with Gasteiger partial charge in [0.25, 0.3) is 0 Å². The Morgan fingerprint density at radius 2 is 2.00 bits per heavy atom. The van der Waals surface area contributed by atoms with Crippen molar-refractivity contribution >= 4 is 22.6 Å². The molecule has 2 heterocycles. The SMILES string of the molecule is CCn1cc(C2=CCN(C(=O)OC(C)(C)C)CC2)c2ccccc21. The van der Waals surface area contributed by atoms with Gasteiger partial charge in [-0.3, -0.25) is 0 Å². The molecule has 4 nitrogen and oxygen atoms in total. The fourth-order valence-corrected chi connectivity index (χ4v) is 3.17. The Bertz CT molecular complexity index is 781. The predicted octanol–water partition coefficient (Wildman–Crippen LogP) is 4.69. The average molecular weight is 326 g/mol. The molecule has 2 aromatic rings. The summed E-state index contributed by atoms with van der Waals surface area (Å²) in [6, 6.07) is 8.51. The zero-order valence-corrected chi connectivity index (χ0v) is 15.0. The van der Waals surface area contributed by atoms with Gasteiger partial charge < -0.3 is 14.2 Å². The molecule has 0 atom stereocenters. The lowest BCUT2D eigenvalue weighted by Gasteiger charge is -2.29. The van der Waals surface area contributed by atoms with Crippen LogP contribution < -0.4 is 0 Å². The Labute approximate surface area is 143 Å². The number of nitrogens with zero attached hydrogens (tertiary/aromatic N) is 2. The summed E-state index contributed by atoms with van der Waals surface area (Å²) in [7, 11) is 0. The number of carbonyl (C=O) groups excluding carboxylic acids is 1. The number of rotatable bonds is 2. The average Bonchev–Trinajstić information content (AvgIpc) is 2.92. The van der Waals surface area contributed by atoms with Gasteiger partial charge in [-0.05, 0) is 45.8 Å². The summed E-state index contributed by atoms with van der Waals surface area (Å²) in [5.41, 5.74) is 3.43. The van der Waals surface area contributed by atoms with Crippen LogP contribution in [0.3, 0.4) is 0 Å². The van der Waals surface area contributed by atoms with Gasteiger partial charge in [-0.2, -0.15) is 0 Å². The quantitative estimate of drug-likeness (QED) is 0.802. The molecule has 0 saturated carbocycles. The molecule has 3 rings (SSSR count). The van der Waals surface area contributed by atoms with E-state index < -0.39 is 5.60 Å². The number of carbonyl (C=O) groups is 1. The molecule has 1 aromatic carbocycles. The summed E-state index contributed by atoms with van der Waals surface area (Å²) in [4.78, 5) is 14.0. The molecule has 4 heteroatoms. The van der Waals surface area contributed by atoms with E-state index in [0.29, 0.717) is 13.1 Å². The molecule has 0 saturated heterocycles. The van der Waals surface area contributed by atoms with E-state index in [2.05, 4.69) is 48.0 Å². The van der Waals surface area contributed by atoms with Crippen LogP contribution >= 0.6 is 0 Å². The first-order valence-electron chi connectivity index (χ1n) is 8.64. The molecule has 1 amide bonds. The third kappa shape index (κ3) is 3.32. The summed E-state index contributed by atoms with van der Waals surface area (Å²) in [6.45, 7) is 10.1. The zero-order valence-electron chi connectivity index (χ0n) is 15.0. The second-order valence-electron chi connectivity index (χ2n) is 7.25. The molecule has 0 N–H and O–H groups in total. The molecule has 1 aliphatic rings. The van der Waals surface area contributed by atoms with Gasteiger partial charge in [0.05, 0.1) is 0 Å². The molecule has 0 unspecified atom stereocenters. The van der Waals surface area contributed by atoms with E-state index in [-0.39, 0.29) is 6.09 Å². The summed E-state index contributed by atoms with van der Waals surface area (Å²) in [6.07, 6.45) is 5.03. The van der Waals surface area contributed by atoms with Crippen LogP contribution in [0.1, 0.15) is 39.7 Å². The van der Waals surface area contributed by atoms with Crippen LogP contribution in [0.4, 0.5) is 4.79 Å². The highest BCUT2D eigenvalue weighted by atomic mass is 16.6. The van der Waals surface area contributed by atoms with E-state index >= 15 is 0 Å². The normalized spacial score (nSPS) is 15.5. The lowest BCUT2D eigenvalue weighted by molar-refractivity contribution is 0.0270. The van der Waals surface area contributed by atoms with Gasteiger partial charge in [0.1, 0.15) is 5.60 Å². The first-order valence-corrected chi connectivity index (χ1v) is 8.64. The van der Waals surface area contributed by atoms with Crippen molar-refractivity contribution in [2.75, 3.05) is 13.1 Å². The van der Waals surface area contributed by atoms with Crippen molar-refractivity contribution in [2.45, 2.75) is 46.3 Å². The van der Waals surface area contributed by atoms with E-state index in [0.717, 1.165) is 13.0 Å². The molecule has 128 valence electrons. The number of hydrogen-bond acceptors (Lipinski definition) is 2. The van der Waals surface area contributed by atoms with Crippen LogP contribution in [0, 0.1) is 0 Å². The minimum Gasteiger partial charge on any atom is -0.444 e. The predicted molar refractivity (Wildman–Crippen MR) is 98.0 cm³/mol. The fourth-order valence-electron chi connectivity index (χ4n) is 3.17. The van der Waals surface area contributed by atoms with Gasteiger partial charge in [-0.15, -0.1) is 0 Å². The molecule has 24 heavy (non-hydrogen) atoms. The minimum atomic E-state index is -0.449. The number of amides is 1. The second kappa shape index (κ2) is 6.34. The van der Waals surface area contributed by atoms with Crippen LogP contribution in [0.2, 0.25) is 0 Å². The highest BCUT2D eigenvalue weighted by molar-refractivity contribution is 5.93. The van der Waals surface area contributed by atoms with Crippen LogP contribution in [0.5, 0.6) is 0 Å². The van der Waals surface area contributed by atoms with Gasteiger partial charge in [0.2, 0.25) is 0 Å². The summed E-state index contributed by atoms with van der Waals surface area (Å²) in [5, 5.41) is 1.29. The molecule has 1 aromatic heterocycles. The van der Waals surface area contributed by atoms with Gasteiger partial charge in [0.15, 0.2) is 0 Å². The zero-order chi connectivity index (χ0) is 17.3. The van der Waals surface area contributed by atoms with Crippen LogP contribution in [-0.2, 0) is 11.3 Å². The molecule has 0 aliphatic carbocycles. The summed E-state index contributed by atoms with van der Waals surface area (Å²) >= 11 is 0. The Hall–Kier alpha value is -2.23. The number of ether oxygens (including phenoxy) is 1. The number of benzene rings is 1. The number of para-hydroxylation sites is 1. The number of hydrogen-bond donors (Lipinski definition) is 0. The molecule has 0 bridgehead atoms. The molecule has 0 fully saturated rings. The maximum atomic E-state index is 12.2. The Balaban J connectivity index is 1.82. The van der Waals surface area contributed by atoms with Crippen molar-refractivity contribution < 1.29 is 9.53 Å². The van der Waals surface area contributed by atoms with Crippen molar-refractivity contribution in [3.8, 4) is 0 Å². The summed E-state index contributed by atoms with van der Waals surface area (Å²) in [5.74, 6) is 0. The second-order valence-corrected chi connectivity index (χ2v) is 7.25. The van der Waals surface area contributed by atoms with Crippen molar-refractivity contribution in [1.82, 2.24) is 9.47 Å². The van der Waals surface area contributed by atoms with E-state index in [1.165, 1.54) is 22.0 Å². The largest absolute Gasteiger partial charge is 0.444 e. The van der Waals surface area contributed by atoms with E-state index in [1.54, 1.807) is 4.90 Å². The number of fused-ring (bicyclic) bond motifs is 1. The standard InChI is InChI=1S/C20H26N2O2/c1-5-21-14-17(16-8-6-7-9-18(16)21)15-10-12-22(13-11-15)19(23)24-20(2,3)4/h6-10,14H,5,11-13H2,1-4H3. The highest BCUT2D eigenvalue weighted by Gasteiger charge is 2.24. The number of aryl methyl sites for hydroxylation is 1. The topological polar surface area (TPSA) is 34.5 Å². The van der Waals surface area contributed by atoms with Crippen molar-refractivity contribution in [2.24, 2.45) is 0 Å². The van der Waals surface area contributed by atoms with E-state index in [9.17, 15) is 4.79 Å². The molecular weight excluding hydrogens is 300 g/mol. The molecule has 0 radical (unpaired) electrons. The Morgan fingerprint density at radius 1 is 1.25 bits per heavy atom. The first-order chi connectivity index (χ1) is 11.4. The maximum Gasteiger partial charge on any atom is 0.410 e. The van der Waals surface area contributed by atoms with Gasteiger partial charge in [0, 0.05) is 42.3 Å². The van der Waals surface area contributed by atoms with Crippen molar-refractivity contribution in [3.63, 3.8) is 0 Å².